The fraction of sp³-hybridized carbons (Fsp3) is 0.375. The lowest BCUT2D eigenvalue weighted by Gasteiger charge is -2.16. The normalized spacial score (nSPS) is 21.6. The number of ketones is 1. The van der Waals surface area contributed by atoms with Crippen LogP contribution in [-0.2, 0) is 14.3 Å². The van der Waals surface area contributed by atoms with Crippen molar-refractivity contribution in [2.24, 2.45) is 4.99 Å². The summed E-state index contributed by atoms with van der Waals surface area (Å²) in [6, 6.07) is 1.78. The van der Waals surface area contributed by atoms with Gasteiger partial charge in [-0.2, -0.15) is 5.26 Å². The van der Waals surface area contributed by atoms with E-state index in [4.69, 9.17) is 14.7 Å². The number of hydrogen-bond donors (Lipinski definition) is 0. The molecule has 1 unspecified atom stereocenters. The summed E-state index contributed by atoms with van der Waals surface area (Å²) in [5.74, 6) is -0.276. The highest BCUT2D eigenvalue weighted by Crippen LogP contribution is 2.11. The van der Waals surface area contributed by atoms with Crippen molar-refractivity contribution in [2.45, 2.75) is 6.10 Å². The van der Waals surface area contributed by atoms with E-state index in [0.717, 1.165) is 0 Å². The minimum absolute atomic E-state index is 0.0494. The molecule has 0 aromatic carbocycles. The molecule has 1 rings (SSSR count). The van der Waals surface area contributed by atoms with Crippen LogP contribution in [0.1, 0.15) is 0 Å². The molecule has 0 saturated carbocycles. The second-order valence-corrected chi connectivity index (χ2v) is 2.30. The zero-order valence-electron chi connectivity index (χ0n) is 7.27. The summed E-state index contributed by atoms with van der Waals surface area (Å²) in [7, 11) is 2.71. The molecule has 0 aromatic heterocycles. The molecule has 1 atom stereocenters. The molecule has 5 nitrogen and oxygen atoms in total. The van der Waals surface area contributed by atoms with Gasteiger partial charge >= 0.3 is 0 Å². The lowest BCUT2D eigenvalue weighted by atomic mass is 10.1. The van der Waals surface area contributed by atoms with Crippen LogP contribution in [-0.4, -0.2) is 31.8 Å². The average molecular weight is 180 g/mol. The monoisotopic (exact) mass is 180 g/mol. The van der Waals surface area contributed by atoms with Crippen LogP contribution in [0.3, 0.4) is 0 Å². The maximum absolute atomic E-state index is 11.4. The van der Waals surface area contributed by atoms with Crippen molar-refractivity contribution in [2.75, 3.05) is 14.2 Å². The molecule has 68 valence electrons. The summed E-state index contributed by atoms with van der Waals surface area (Å²) in [6.45, 7) is 0. The molecule has 0 fully saturated rings. The van der Waals surface area contributed by atoms with E-state index in [1.807, 2.05) is 0 Å². The van der Waals surface area contributed by atoms with Gasteiger partial charge in [0, 0.05) is 7.11 Å². The Morgan fingerprint density at radius 3 is 2.77 bits per heavy atom. The highest BCUT2D eigenvalue weighted by atomic mass is 16.5. The number of nitrogens with zero attached hydrogens (tertiary/aromatic N) is 2. The van der Waals surface area contributed by atoms with Crippen LogP contribution in [0.25, 0.3) is 0 Å². The van der Waals surface area contributed by atoms with Crippen molar-refractivity contribution in [1.29, 1.82) is 5.26 Å². The van der Waals surface area contributed by atoms with Crippen LogP contribution < -0.4 is 0 Å². The third-order valence-corrected chi connectivity index (χ3v) is 1.62. The van der Waals surface area contributed by atoms with Crippen LogP contribution in [0.4, 0.5) is 0 Å². The molecular formula is C8H8N2O3. The summed E-state index contributed by atoms with van der Waals surface area (Å²) in [4.78, 5) is 15.1. The Bertz CT molecular complexity index is 325. The Morgan fingerprint density at radius 2 is 2.31 bits per heavy atom. The number of carbonyl (C=O) groups is 1. The molecule has 0 aliphatic carbocycles. The third kappa shape index (κ3) is 1.58. The van der Waals surface area contributed by atoms with Crippen molar-refractivity contribution in [3.63, 3.8) is 0 Å². The third-order valence-electron chi connectivity index (χ3n) is 1.62. The van der Waals surface area contributed by atoms with Gasteiger partial charge in [-0.15, -0.1) is 0 Å². The number of Topliss-reactive ketones (excluding diaryl/α,β-unsaturated/α-hetero) is 1. The van der Waals surface area contributed by atoms with Crippen molar-refractivity contribution >= 4 is 11.5 Å². The summed E-state index contributed by atoms with van der Waals surface area (Å²) >= 11 is 0. The van der Waals surface area contributed by atoms with Crippen molar-refractivity contribution in [1.82, 2.24) is 0 Å². The minimum Gasteiger partial charge on any atom is -0.491 e. The number of nitriles is 1. The van der Waals surface area contributed by atoms with Crippen LogP contribution in [0.5, 0.6) is 0 Å². The molecule has 13 heavy (non-hydrogen) atoms. The van der Waals surface area contributed by atoms with E-state index >= 15 is 0 Å². The maximum Gasteiger partial charge on any atom is 0.234 e. The molecule has 0 aromatic rings. The van der Waals surface area contributed by atoms with Crippen molar-refractivity contribution in [3.8, 4) is 6.07 Å². The van der Waals surface area contributed by atoms with Gasteiger partial charge in [-0.25, -0.2) is 4.99 Å². The van der Waals surface area contributed by atoms with Gasteiger partial charge < -0.3 is 9.47 Å². The van der Waals surface area contributed by atoms with Crippen molar-refractivity contribution in [3.05, 3.63) is 12.0 Å². The maximum atomic E-state index is 11.4. The number of hydrogen-bond acceptors (Lipinski definition) is 5. The molecule has 1 aliphatic heterocycles. The van der Waals surface area contributed by atoms with Crippen LogP contribution in [0, 0.1) is 11.3 Å². The predicted molar refractivity (Wildman–Crippen MR) is 43.9 cm³/mol. The summed E-state index contributed by atoms with van der Waals surface area (Å²) in [5.41, 5.74) is 0.0494. The van der Waals surface area contributed by atoms with Gasteiger partial charge in [0.25, 0.3) is 0 Å². The first-order valence-electron chi connectivity index (χ1n) is 3.53. The largest absolute Gasteiger partial charge is 0.491 e. The Labute approximate surface area is 75.3 Å². The molecule has 5 heteroatoms. The number of methoxy groups -OCH3 is 2. The quantitative estimate of drug-likeness (QED) is 0.601. The predicted octanol–water partition coefficient (Wildman–Crippen LogP) is 0.0365. The second kappa shape index (κ2) is 3.83. The fourth-order valence-corrected chi connectivity index (χ4v) is 0.972. The zero-order valence-corrected chi connectivity index (χ0v) is 7.27. The fourth-order valence-electron chi connectivity index (χ4n) is 0.972. The highest BCUT2D eigenvalue weighted by Gasteiger charge is 2.30. The van der Waals surface area contributed by atoms with E-state index in [-0.39, 0.29) is 17.3 Å². The summed E-state index contributed by atoms with van der Waals surface area (Å²) < 4.78 is 9.56. The van der Waals surface area contributed by atoms with Gasteiger partial charge in [0.15, 0.2) is 17.6 Å². The van der Waals surface area contributed by atoms with Gasteiger partial charge in [0.05, 0.1) is 13.3 Å². The van der Waals surface area contributed by atoms with Gasteiger partial charge in [-0.05, 0) is 0 Å². The van der Waals surface area contributed by atoms with Crippen LogP contribution >= 0.6 is 0 Å². The summed E-state index contributed by atoms with van der Waals surface area (Å²) in [6.07, 6.45) is 0.293. The first kappa shape index (κ1) is 9.42. The van der Waals surface area contributed by atoms with Gasteiger partial charge in [-0.1, -0.05) is 0 Å². The molecule has 0 radical (unpaired) electrons. The molecule has 1 heterocycles. The van der Waals surface area contributed by atoms with E-state index in [1.165, 1.54) is 20.4 Å². The average Bonchev–Trinajstić information content (AvgIpc) is 2.17. The molecule has 0 spiro atoms. The topological polar surface area (TPSA) is 71.7 Å². The van der Waals surface area contributed by atoms with E-state index in [1.54, 1.807) is 6.07 Å². The van der Waals surface area contributed by atoms with Gasteiger partial charge in [-0.3, -0.25) is 4.79 Å². The Morgan fingerprint density at radius 1 is 1.62 bits per heavy atom. The standard InChI is InChI=1S/C8H8N2O3/c1-12-6-4-10-5(3-9)8(13-2)7(6)11/h4,8H,1-2H3. The lowest BCUT2D eigenvalue weighted by molar-refractivity contribution is -0.124. The van der Waals surface area contributed by atoms with E-state index in [2.05, 4.69) is 4.99 Å². The first-order valence-corrected chi connectivity index (χ1v) is 3.53. The second-order valence-electron chi connectivity index (χ2n) is 2.30. The zero-order chi connectivity index (χ0) is 9.84. The van der Waals surface area contributed by atoms with E-state index < -0.39 is 6.10 Å². The van der Waals surface area contributed by atoms with Crippen LogP contribution in [0.15, 0.2) is 17.0 Å². The van der Waals surface area contributed by atoms with Crippen LogP contribution in [0.2, 0.25) is 0 Å². The molecule has 0 amide bonds. The summed E-state index contributed by atoms with van der Waals surface area (Å²) in [5, 5.41) is 8.59. The van der Waals surface area contributed by atoms with Gasteiger partial charge in [0.1, 0.15) is 6.07 Å². The van der Waals surface area contributed by atoms with E-state index in [9.17, 15) is 4.79 Å². The Balaban J connectivity index is 3.02. The Kier molecular flexibility index (Phi) is 2.77. The number of carbonyl (C=O) groups excluding carboxylic acids is 1. The molecule has 0 N–H and O–H groups in total. The number of rotatable bonds is 2. The highest BCUT2D eigenvalue weighted by molar-refractivity contribution is 6.21. The first-order chi connectivity index (χ1) is 6.24. The smallest absolute Gasteiger partial charge is 0.234 e. The molecule has 0 bridgehead atoms. The molecule has 0 saturated heterocycles. The molecular weight excluding hydrogens is 172 g/mol. The van der Waals surface area contributed by atoms with Gasteiger partial charge in [0.2, 0.25) is 5.78 Å². The van der Waals surface area contributed by atoms with E-state index in [0.29, 0.717) is 0 Å². The number of aliphatic imine (C=N–C) groups is 1. The van der Waals surface area contributed by atoms with Crippen molar-refractivity contribution < 1.29 is 14.3 Å². The molecule has 1 aliphatic rings. The number of ether oxygens (including phenoxy) is 2. The Hall–Kier alpha value is -1.67. The SMILES string of the molecule is COC1=CN=C(C#N)C(OC)C1=O. The minimum atomic E-state index is -0.926. The lowest BCUT2D eigenvalue weighted by Crippen LogP contribution is -2.35.